The summed E-state index contributed by atoms with van der Waals surface area (Å²) >= 11 is 9.39. The monoisotopic (exact) mass is 332 g/mol. The molecule has 0 atom stereocenters. The van der Waals surface area contributed by atoms with E-state index in [4.69, 9.17) is 17.3 Å². The second kappa shape index (κ2) is 6.52. The van der Waals surface area contributed by atoms with Crippen molar-refractivity contribution in [3.05, 3.63) is 63.9 Å². The SMILES string of the molecule is Nc1cccc(-c2csc(CSc3cccc(Cl)c3)n2)c1. The van der Waals surface area contributed by atoms with Crippen LogP contribution in [0.1, 0.15) is 5.01 Å². The van der Waals surface area contributed by atoms with E-state index in [0.29, 0.717) is 0 Å². The van der Waals surface area contributed by atoms with Crippen molar-refractivity contribution in [1.82, 2.24) is 4.98 Å². The average Bonchev–Trinajstić information content (AvgIpc) is 2.94. The second-order valence-corrected chi connectivity index (χ2v) is 6.93. The number of benzene rings is 2. The second-order valence-electron chi connectivity index (χ2n) is 4.50. The Morgan fingerprint density at radius 3 is 2.81 bits per heavy atom. The van der Waals surface area contributed by atoms with Gasteiger partial charge in [0.1, 0.15) is 5.01 Å². The van der Waals surface area contributed by atoms with E-state index < -0.39 is 0 Å². The summed E-state index contributed by atoms with van der Waals surface area (Å²) < 4.78 is 0. The first kappa shape index (κ1) is 14.4. The summed E-state index contributed by atoms with van der Waals surface area (Å²) in [6.07, 6.45) is 0. The van der Waals surface area contributed by atoms with Gasteiger partial charge in [-0.2, -0.15) is 0 Å². The van der Waals surface area contributed by atoms with Crippen molar-refractivity contribution in [2.24, 2.45) is 0 Å². The molecule has 2 nitrogen and oxygen atoms in total. The molecule has 0 fully saturated rings. The zero-order valence-electron chi connectivity index (χ0n) is 11.1. The predicted molar refractivity (Wildman–Crippen MR) is 93.0 cm³/mol. The lowest BCUT2D eigenvalue weighted by molar-refractivity contribution is 1.26. The molecular formula is C16H13ClN2S2. The van der Waals surface area contributed by atoms with Crippen molar-refractivity contribution in [3.63, 3.8) is 0 Å². The molecule has 0 spiro atoms. The van der Waals surface area contributed by atoms with Crippen LogP contribution in [0.5, 0.6) is 0 Å². The zero-order valence-corrected chi connectivity index (χ0v) is 13.5. The molecule has 0 saturated carbocycles. The van der Waals surface area contributed by atoms with Crippen molar-refractivity contribution in [2.45, 2.75) is 10.6 Å². The number of anilines is 1. The molecule has 5 heteroatoms. The number of rotatable bonds is 4. The molecule has 0 radical (unpaired) electrons. The molecular weight excluding hydrogens is 320 g/mol. The highest BCUT2D eigenvalue weighted by Gasteiger charge is 2.06. The smallest absolute Gasteiger partial charge is 0.104 e. The van der Waals surface area contributed by atoms with Gasteiger partial charge in [0.05, 0.1) is 11.4 Å². The van der Waals surface area contributed by atoms with Crippen molar-refractivity contribution in [2.75, 3.05) is 5.73 Å². The van der Waals surface area contributed by atoms with Gasteiger partial charge in [-0.1, -0.05) is 29.8 Å². The first-order valence-corrected chi connectivity index (χ1v) is 8.64. The summed E-state index contributed by atoms with van der Waals surface area (Å²) in [5.74, 6) is 0.841. The van der Waals surface area contributed by atoms with Gasteiger partial charge in [-0.15, -0.1) is 23.1 Å². The summed E-state index contributed by atoms with van der Waals surface area (Å²) in [5.41, 5.74) is 8.61. The van der Waals surface area contributed by atoms with E-state index in [1.165, 1.54) is 0 Å². The molecule has 0 bridgehead atoms. The molecule has 2 aromatic carbocycles. The summed E-state index contributed by atoms with van der Waals surface area (Å²) in [6.45, 7) is 0. The van der Waals surface area contributed by atoms with Gasteiger partial charge in [-0.3, -0.25) is 0 Å². The van der Waals surface area contributed by atoms with Crippen molar-refractivity contribution >= 4 is 40.4 Å². The normalized spacial score (nSPS) is 10.7. The van der Waals surface area contributed by atoms with E-state index in [0.717, 1.165) is 37.6 Å². The summed E-state index contributed by atoms with van der Waals surface area (Å²) in [4.78, 5) is 5.82. The highest BCUT2D eigenvalue weighted by molar-refractivity contribution is 7.98. The van der Waals surface area contributed by atoms with Crippen LogP contribution in [0.2, 0.25) is 5.02 Å². The molecule has 0 unspecified atom stereocenters. The minimum Gasteiger partial charge on any atom is -0.399 e. The Bertz CT molecular complexity index is 755. The van der Waals surface area contributed by atoms with Crippen LogP contribution in [0.3, 0.4) is 0 Å². The van der Waals surface area contributed by atoms with Crippen LogP contribution in [0.15, 0.2) is 58.8 Å². The van der Waals surface area contributed by atoms with Gasteiger partial charge in [0.25, 0.3) is 0 Å². The molecule has 3 rings (SSSR count). The standard InChI is InChI=1S/C16H13ClN2S2/c17-12-4-2-6-14(8-12)20-10-16-19-15(9-21-16)11-3-1-5-13(18)7-11/h1-9H,10,18H2. The third-order valence-electron chi connectivity index (χ3n) is 2.89. The third kappa shape index (κ3) is 3.79. The molecule has 21 heavy (non-hydrogen) atoms. The number of nitrogen functional groups attached to an aromatic ring is 1. The topological polar surface area (TPSA) is 38.9 Å². The maximum absolute atomic E-state index is 5.99. The fraction of sp³-hybridized carbons (Fsp3) is 0.0625. The van der Waals surface area contributed by atoms with Crippen molar-refractivity contribution < 1.29 is 0 Å². The Morgan fingerprint density at radius 1 is 1.14 bits per heavy atom. The van der Waals surface area contributed by atoms with Gasteiger partial charge < -0.3 is 5.73 Å². The van der Waals surface area contributed by atoms with Crippen LogP contribution in [0.4, 0.5) is 5.69 Å². The van der Waals surface area contributed by atoms with Gasteiger partial charge in [0, 0.05) is 26.5 Å². The number of aromatic nitrogens is 1. The lowest BCUT2D eigenvalue weighted by Gasteiger charge is -2.00. The quantitative estimate of drug-likeness (QED) is 0.518. The molecule has 0 amide bonds. The Labute approximate surface area is 137 Å². The molecule has 0 aliphatic rings. The number of hydrogen-bond acceptors (Lipinski definition) is 4. The maximum atomic E-state index is 5.99. The third-order valence-corrected chi connectivity index (χ3v) is 5.16. The molecule has 1 aromatic heterocycles. The van der Waals surface area contributed by atoms with Gasteiger partial charge >= 0.3 is 0 Å². The molecule has 1 heterocycles. The van der Waals surface area contributed by atoms with E-state index in [1.807, 2.05) is 42.5 Å². The number of thioether (sulfide) groups is 1. The number of hydrogen-bond donors (Lipinski definition) is 1. The van der Waals surface area contributed by atoms with E-state index in [2.05, 4.69) is 16.4 Å². The van der Waals surface area contributed by atoms with Crippen LogP contribution >= 0.6 is 34.7 Å². The lowest BCUT2D eigenvalue weighted by atomic mass is 10.1. The molecule has 0 aliphatic carbocycles. The number of nitrogens with two attached hydrogens (primary N) is 1. The fourth-order valence-electron chi connectivity index (χ4n) is 1.91. The van der Waals surface area contributed by atoms with Gasteiger partial charge in [0.15, 0.2) is 0 Å². The van der Waals surface area contributed by atoms with Crippen LogP contribution in [-0.4, -0.2) is 4.98 Å². The van der Waals surface area contributed by atoms with E-state index >= 15 is 0 Å². The lowest BCUT2D eigenvalue weighted by Crippen LogP contribution is -1.86. The maximum Gasteiger partial charge on any atom is 0.104 e. The Morgan fingerprint density at radius 2 is 2.00 bits per heavy atom. The summed E-state index contributed by atoms with van der Waals surface area (Å²) in [7, 11) is 0. The Balaban J connectivity index is 1.71. The van der Waals surface area contributed by atoms with E-state index in [9.17, 15) is 0 Å². The molecule has 0 aliphatic heterocycles. The van der Waals surface area contributed by atoms with E-state index in [-0.39, 0.29) is 0 Å². The van der Waals surface area contributed by atoms with Gasteiger partial charge in [-0.25, -0.2) is 4.98 Å². The van der Waals surface area contributed by atoms with Gasteiger partial charge in [0.2, 0.25) is 0 Å². The fourth-order valence-corrected chi connectivity index (χ4v) is 3.94. The molecule has 2 N–H and O–H groups in total. The summed E-state index contributed by atoms with van der Waals surface area (Å²) in [5, 5.41) is 3.93. The van der Waals surface area contributed by atoms with Crippen LogP contribution in [0.25, 0.3) is 11.3 Å². The van der Waals surface area contributed by atoms with Crippen LogP contribution in [0, 0.1) is 0 Å². The minimum atomic E-state index is 0.760. The first-order valence-electron chi connectivity index (χ1n) is 6.39. The zero-order chi connectivity index (χ0) is 14.7. The first-order chi connectivity index (χ1) is 10.2. The number of thiazole rings is 1. The van der Waals surface area contributed by atoms with E-state index in [1.54, 1.807) is 23.1 Å². The average molecular weight is 333 g/mol. The molecule has 3 aromatic rings. The van der Waals surface area contributed by atoms with Crippen LogP contribution in [-0.2, 0) is 5.75 Å². The highest BCUT2D eigenvalue weighted by atomic mass is 35.5. The highest BCUT2D eigenvalue weighted by Crippen LogP contribution is 2.29. The van der Waals surface area contributed by atoms with Crippen molar-refractivity contribution in [3.8, 4) is 11.3 Å². The Kier molecular flexibility index (Phi) is 4.48. The number of nitrogens with zero attached hydrogens (tertiary/aromatic N) is 1. The molecule has 106 valence electrons. The Hall–Kier alpha value is -1.49. The predicted octanol–water partition coefficient (Wildman–Crippen LogP) is 5.34. The summed E-state index contributed by atoms with van der Waals surface area (Å²) in [6, 6.07) is 15.7. The largest absolute Gasteiger partial charge is 0.399 e. The van der Waals surface area contributed by atoms with Crippen molar-refractivity contribution in [1.29, 1.82) is 0 Å². The number of halogens is 1. The van der Waals surface area contributed by atoms with Crippen LogP contribution < -0.4 is 5.73 Å². The molecule has 0 saturated heterocycles. The minimum absolute atomic E-state index is 0.760. The van der Waals surface area contributed by atoms with Gasteiger partial charge in [-0.05, 0) is 30.3 Å².